The SMILES string of the molecule is CCC(=O)c1cccc(Nc2nccc(N3CC(Oc4ccc(Cl)cc4Cl)C3)n2)c1. The van der Waals surface area contributed by atoms with Crippen LogP contribution in [0.15, 0.2) is 54.7 Å². The first-order chi connectivity index (χ1) is 14.5. The fourth-order valence-electron chi connectivity index (χ4n) is 3.14. The summed E-state index contributed by atoms with van der Waals surface area (Å²) in [6.45, 7) is 3.23. The molecule has 0 unspecified atom stereocenters. The molecule has 0 spiro atoms. The molecule has 0 saturated carbocycles. The van der Waals surface area contributed by atoms with Crippen LogP contribution in [0.2, 0.25) is 10.0 Å². The van der Waals surface area contributed by atoms with E-state index in [0.29, 0.717) is 46.8 Å². The molecule has 8 heteroatoms. The smallest absolute Gasteiger partial charge is 0.229 e. The van der Waals surface area contributed by atoms with Gasteiger partial charge in [0.05, 0.1) is 18.1 Å². The van der Waals surface area contributed by atoms with Crippen molar-refractivity contribution in [2.24, 2.45) is 0 Å². The quantitative estimate of drug-likeness (QED) is 0.494. The van der Waals surface area contributed by atoms with E-state index in [1.54, 1.807) is 30.5 Å². The third-order valence-electron chi connectivity index (χ3n) is 4.76. The summed E-state index contributed by atoms with van der Waals surface area (Å²) in [6, 6.07) is 14.4. The maximum absolute atomic E-state index is 11.9. The summed E-state index contributed by atoms with van der Waals surface area (Å²) in [5.74, 6) is 1.99. The lowest BCUT2D eigenvalue weighted by Crippen LogP contribution is -2.54. The van der Waals surface area contributed by atoms with Gasteiger partial charge in [-0.2, -0.15) is 4.98 Å². The number of nitrogens with one attached hydrogen (secondary N) is 1. The summed E-state index contributed by atoms with van der Waals surface area (Å²) in [5, 5.41) is 4.24. The van der Waals surface area contributed by atoms with Gasteiger partial charge in [-0.15, -0.1) is 0 Å². The van der Waals surface area contributed by atoms with Crippen molar-refractivity contribution in [1.29, 1.82) is 0 Å². The van der Waals surface area contributed by atoms with Gasteiger partial charge in [-0.05, 0) is 36.4 Å². The van der Waals surface area contributed by atoms with Crippen molar-refractivity contribution >= 4 is 46.4 Å². The average molecular weight is 443 g/mol. The lowest BCUT2D eigenvalue weighted by molar-refractivity contribution is 0.0988. The summed E-state index contributed by atoms with van der Waals surface area (Å²) < 4.78 is 5.94. The minimum absolute atomic E-state index is 0.0202. The van der Waals surface area contributed by atoms with Crippen LogP contribution in [0.25, 0.3) is 0 Å². The van der Waals surface area contributed by atoms with Crippen molar-refractivity contribution < 1.29 is 9.53 Å². The molecule has 4 rings (SSSR count). The van der Waals surface area contributed by atoms with Crippen molar-refractivity contribution in [3.63, 3.8) is 0 Å². The molecule has 1 aromatic heterocycles. The number of hydrogen-bond donors (Lipinski definition) is 1. The van der Waals surface area contributed by atoms with Crippen LogP contribution in [0.5, 0.6) is 5.75 Å². The van der Waals surface area contributed by atoms with Crippen LogP contribution in [-0.2, 0) is 0 Å². The Hall–Kier alpha value is -2.83. The second-order valence-corrected chi connectivity index (χ2v) is 7.78. The summed E-state index contributed by atoms with van der Waals surface area (Å²) >= 11 is 12.1. The van der Waals surface area contributed by atoms with Gasteiger partial charge in [0, 0.05) is 28.9 Å². The Bertz CT molecular complexity index is 1070. The second kappa shape index (κ2) is 8.90. The summed E-state index contributed by atoms with van der Waals surface area (Å²) in [4.78, 5) is 22.9. The molecular formula is C22H20Cl2N4O2. The van der Waals surface area contributed by atoms with Gasteiger partial charge in [-0.3, -0.25) is 4.79 Å². The molecule has 154 valence electrons. The predicted octanol–water partition coefficient (Wildman–Crippen LogP) is 5.39. The molecule has 3 aromatic rings. The molecule has 1 aliphatic heterocycles. The van der Waals surface area contributed by atoms with E-state index in [4.69, 9.17) is 27.9 Å². The molecule has 0 bridgehead atoms. The van der Waals surface area contributed by atoms with Gasteiger partial charge >= 0.3 is 0 Å². The maximum atomic E-state index is 11.9. The van der Waals surface area contributed by atoms with Gasteiger partial charge in [0.2, 0.25) is 5.95 Å². The Morgan fingerprint density at radius 2 is 2.03 bits per heavy atom. The normalized spacial score (nSPS) is 13.6. The predicted molar refractivity (Wildman–Crippen MR) is 119 cm³/mol. The number of benzene rings is 2. The summed E-state index contributed by atoms with van der Waals surface area (Å²) in [5.41, 5.74) is 1.44. The molecule has 0 aliphatic carbocycles. The van der Waals surface area contributed by atoms with Crippen LogP contribution < -0.4 is 15.0 Å². The molecule has 1 saturated heterocycles. The molecule has 2 heterocycles. The zero-order valence-electron chi connectivity index (χ0n) is 16.3. The molecule has 30 heavy (non-hydrogen) atoms. The number of carbonyl (C=O) groups is 1. The molecule has 0 radical (unpaired) electrons. The van der Waals surface area contributed by atoms with Crippen LogP contribution in [0, 0.1) is 0 Å². The standard InChI is InChI=1S/C22H20Cl2N4O2/c1-2-19(29)14-4-3-5-16(10-14)26-22-25-9-8-21(27-22)28-12-17(13-28)30-20-7-6-15(23)11-18(20)24/h3-11,17H,2,12-13H2,1H3,(H,25,26,27). The molecule has 1 aliphatic rings. The first-order valence-corrected chi connectivity index (χ1v) is 10.4. The van der Waals surface area contributed by atoms with Crippen LogP contribution >= 0.6 is 23.2 Å². The van der Waals surface area contributed by atoms with Crippen LogP contribution in [0.3, 0.4) is 0 Å². The number of nitrogens with zero attached hydrogens (tertiary/aromatic N) is 3. The van der Waals surface area contributed by atoms with Gasteiger partial charge in [-0.25, -0.2) is 4.98 Å². The van der Waals surface area contributed by atoms with E-state index in [1.165, 1.54) is 0 Å². The monoisotopic (exact) mass is 442 g/mol. The largest absolute Gasteiger partial charge is 0.485 e. The van der Waals surface area contributed by atoms with E-state index in [2.05, 4.69) is 20.2 Å². The van der Waals surface area contributed by atoms with Gasteiger partial charge in [0.1, 0.15) is 17.7 Å². The van der Waals surface area contributed by atoms with Gasteiger partial charge in [0.15, 0.2) is 5.78 Å². The van der Waals surface area contributed by atoms with E-state index in [1.807, 2.05) is 31.2 Å². The molecule has 2 aromatic carbocycles. The summed E-state index contributed by atoms with van der Waals surface area (Å²) in [6.07, 6.45) is 2.19. The zero-order chi connectivity index (χ0) is 21.1. The van der Waals surface area contributed by atoms with Crippen molar-refractivity contribution in [2.45, 2.75) is 19.4 Å². The highest BCUT2D eigenvalue weighted by molar-refractivity contribution is 6.35. The fraction of sp³-hybridized carbons (Fsp3) is 0.227. The summed E-state index contributed by atoms with van der Waals surface area (Å²) in [7, 11) is 0. The molecule has 1 fully saturated rings. The number of halogens is 2. The number of ether oxygens (including phenoxy) is 1. The number of carbonyl (C=O) groups excluding carboxylic acids is 1. The Balaban J connectivity index is 1.38. The topological polar surface area (TPSA) is 67.4 Å². The van der Waals surface area contributed by atoms with Crippen LogP contribution in [-0.4, -0.2) is 34.9 Å². The van der Waals surface area contributed by atoms with E-state index < -0.39 is 0 Å². The molecule has 0 amide bonds. The average Bonchev–Trinajstić information content (AvgIpc) is 2.71. The Labute approximate surface area is 184 Å². The van der Waals surface area contributed by atoms with Crippen molar-refractivity contribution in [1.82, 2.24) is 9.97 Å². The fourth-order valence-corrected chi connectivity index (χ4v) is 3.59. The highest BCUT2D eigenvalue weighted by atomic mass is 35.5. The van der Waals surface area contributed by atoms with E-state index in [-0.39, 0.29) is 11.9 Å². The molecule has 1 N–H and O–H groups in total. The van der Waals surface area contributed by atoms with Gasteiger partial charge in [-0.1, -0.05) is 42.3 Å². The maximum Gasteiger partial charge on any atom is 0.229 e. The highest BCUT2D eigenvalue weighted by Crippen LogP contribution is 2.30. The minimum Gasteiger partial charge on any atom is -0.485 e. The van der Waals surface area contributed by atoms with E-state index in [9.17, 15) is 4.79 Å². The molecular weight excluding hydrogens is 423 g/mol. The van der Waals surface area contributed by atoms with Crippen molar-refractivity contribution in [3.8, 4) is 5.75 Å². The number of aromatic nitrogens is 2. The first kappa shape index (κ1) is 20.4. The van der Waals surface area contributed by atoms with Gasteiger partial charge < -0.3 is 15.0 Å². The minimum atomic E-state index is 0.0202. The first-order valence-electron chi connectivity index (χ1n) is 9.62. The zero-order valence-corrected chi connectivity index (χ0v) is 17.8. The Morgan fingerprint density at radius 1 is 1.20 bits per heavy atom. The number of anilines is 3. The van der Waals surface area contributed by atoms with Crippen molar-refractivity contribution in [3.05, 3.63) is 70.3 Å². The third-order valence-corrected chi connectivity index (χ3v) is 5.29. The van der Waals surface area contributed by atoms with Crippen LogP contribution in [0.1, 0.15) is 23.7 Å². The highest BCUT2D eigenvalue weighted by Gasteiger charge is 2.30. The Kier molecular flexibility index (Phi) is 6.06. The van der Waals surface area contributed by atoms with E-state index in [0.717, 1.165) is 11.5 Å². The van der Waals surface area contributed by atoms with Crippen LogP contribution in [0.4, 0.5) is 17.5 Å². The Morgan fingerprint density at radius 3 is 2.80 bits per heavy atom. The third kappa shape index (κ3) is 4.66. The molecule has 0 atom stereocenters. The number of hydrogen-bond acceptors (Lipinski definition) is 6. The van der Waals surface area contributed by atoms with Gasteiger partial charge in [0.25, 0.3) is 0 Å². The number of rotatable bonds is 7. The molecule has 6 nitrogen and oxygen atoms in total. The number of ketones is 1. The second-order valence-electron chi connectivity index (χ2n) is 6.94. The number of Topliss-reactive ketones (excluding diaryl/α,β-unsaturated/α-hetero) is 1. The lowest BCUT2D eigenvalue weighted by atomic mass is 10.1. The van der Waals surface area contributed by atoms with E-state index >= 15 is 0 Å². The lowest BCUT2D eigenvalue weighted by Gasteiger charge is -2.39. The van der Waals surface area contributed by atoms with Crippen molar-refractivity contribution in [2.75, 3.05) is 23.3 Å².